The first-order valence-corrected chi connectivity index (χ1v) is 8.54. The summed E-state index contributed by atoms with van der Waals surface area (Å²) in [5, 5.41) is -0.515. The number of nitrogens with one attached hydrogen (secondary N) is 1. The van der Waals surface area contributed by atoms with Crippen molar-refractivity contribution in [2.45, 2.75) is 11.8 Å². The molecule has 0 aromatic carbocycles. The summed E-state index contributed by atoms with van der Waals surface area (Å²) in [5.74, 6) is -0.499. The topological polar surface area (TPSA) is 97.3 Å². The number of esters is 1. The number of carbonyl (C=O) groups is 1. The Bertz CT molecular complexity index is 755. The molecule has 2 heterocycles. The molecule has 2 aromatic rings. The number of aromatic amines is 1. The SMILES string of the molecule is CN(C)S(=O)(=O)n1cnc(C[C@H](Cl)COC(=O)c2ccc[nH]2)c1. The molecule has 0 aliphatic rings. The number of carbonyl (C=O) groups excluding carboxylic acids is 1. The molecular weight excluding hydrogens is 344 g/mol. The van der Waals surface area contributed by atoms with E-state index in [2.05, 4.69) is 9.97 Å². The first kappa shape index (κ1) is 17.5. The Hall–Kier alpha value is -1.84. The second-order valence-electron chi connectivity index (χ2n) is 4.97. The van der Waals surface area contributed by atoms with Crippen LogP contribution in [-0.4, -0.2) is 58.7 Å². The van der Waals surface area contributed by atoms with Gasteiger partial charge in [0.05, 0.1) is 11.1 Å². The zero-order chi connectivity index (χ0) is 17.0. The fourth-order valence-corrected chi connectivity index (χ4v) is 2.77. The number of alkyl halides is 1. The Kier molecular flexibility index (Phi) is 5.45. The van der Waals surface area contributed by atoms with E-state index in [0.29, 0.717) is 11.4 Å². The second-order valence-corrected chi connectivity index (χ2v) is 7.63. The molecule has 0 unspecified atom stereocenters. The number of ether oxygens (including phenoxy) is 1. The van der Waals surface area contributed by atoms with Gasteiger partial charge in [0.25, 0.3) is 0 Å². The number of imidazole rings is 1. The van der Waals surface area contributed by atoms with Crippen LogP contribution in [0.4, 0.5) is 0 Å². The lowest BCUT2D eigenvalue weighted by Gasteiger charge is -2.11. The van der Waals surface area contributed by atoms with E-state index in [0.717, 1.165) is 8.28 Å². The van der Waals surface area contributed by atoms with Gasteiger partial charge in [0.1, 0.15) is 18.6 Å². The first-order valence-electron chi connectivity index (χ1n) is 6.71. The number of nitrogens with zero attached hydrogens (tertiary/aromatic N) is 3. The van der Waals surface area contributed by atoms with E-state index in [4.69, 9.17) is 16.3 Å². The zero-order valence-electron chi connectivity index (χ0n) is 12.6. The van der Waals surface area contributed by atoms with E-state index in [1.54, 1.807) is 18.3 Å². The van der Waals surface area contributed by atoms with Crippen molar-refractivity contribution < 1.29 is 17.9 Å². The first-order chi connectivity index (χ1) is 10.8. The van der Waals surface area contributed by atoms with Gasteiger partial charge in [0, 0.05) is 32.9 Å². The number of halogens is 1. The molecule has 0 fully saturated rings. The number of hydrogen-bond acceptors (Lipinski definition) is 5. The molecule has 23 heavy (non-hydrogen) atoms. The molecule has 0 amide bonds. The predicted molar refractivity (Wildman–Crippen MR) is 84.7 cm³/mol. The minimum absolute atomic E-state index is 0.00724. The van der Waals surface area contributed by atoms with Crippen LogP contribution in [0.1, 0.15) is 16.2 Å². The molecule has 1 atom stereocenters. The van der Waals surface area contributed by atoms with Crippen LogP contribution >= 0.6 is 11.6 Å². The summed E-state index contributed by atoms with van der Waals surface area (Å²) in [4.78, 5) is 18.4. The number of rotatable bonds is 7. The van der Waals surface area contributed by atoms with Crippen molar-refractivity contribution in [1.82, 2.24) is 18.2 Å². The fourth-order valence-electron chi connectivity index (χ4n) is 1.75. The van der Waals surface area contributed by atoms with Crippen molar-refractivity contribution in [3.63, 3.8) is 0 Å². The standard InChI is InChI=1S/C13H17ClN4O4S/c1-17(2)23(20,21)18-7-11(16-9-18)6-10(14)8-22-13(19)12-4-3-5-15-12/h3-5,7,9-10,15H,6,8H2,1-2H3/t10-/m0/s1. The molecule has 0 aliphatic carbocycles. The predicted octanol–water partition coefficient (Wildman–Crippen LogP) is 0.873. The van der Waals surface area contributed by atoms with Gasteiger partial charge >= 0.3 is 16.2 Å². The van der Waals surface area contributed by atoms with E-state index >= 15 is 0 Å². The van der Waals surface area contributed by atoms with Crippen LogP contribution in [0.15, 0.2) is 30.9 Å². The van der Waals surface area contributed by atoms with Gasteiger partial charge in [-0.1, -0.05) is 0 Å². The van der Waals surface area contributed by atoms with Crippen LogP contribution in [0.3, 0.4) is 0 Å². The molecule has 2 aromatic heterocycles. The van der Waals surface area contributed by atoms with Crippen molar-refractivity contribution in [2.75, 3.05) is 20.7 Å². The summed E-state index contributed by atoms with van der Waals surface area (Å²) in [6.45, 7) is -0.00724. The van der Waals surface area contributed by atoms with Crippen LogP contribution in [0.5, 0.6) is 0 Å². The monoisotopic (exact) mass is 360 g/mol. The highest BCUT2D eigenvalue weighted by Gasteiger charge is 2.18. The highest BCUT2D eigenvalue weighted by atomic mass is 35.5. The summed E-state index contributed by atoms with van der Waals surface area (Å²) in [7, 11) is -0.732. The number of H-pyrrole nitrogens is 1. The third kappa shape index (κ3) is 4.34. The molecular formula is C13H17ClN4O4S. The lowest BCUT2D eigenvalue weighted by molar-refractivity contribution is 0.0498. The minimum atomic E-state index is -3.59. The van der Waals surface area contributed by atoms with E-state index in [1.165, 1.54) is 26.6 Å². The van der Waals surface area contributed by atoms with Gasteiger partial charge in [-0.3, -0.25) is 0 Å². The molecule has 2 rings (SSSR count). The Morgan fingerprint density at radius 1 is 1.52 bits per heavy atom. The lowest BCUT2D eigenvalue weighted by Crippen LogP contribution is -2.27. The van der Waals surface area contributed by atoms with E-state index in [-0.39, 0.29) is 13.0 Å². The third-order valence-corrected chi connectivity index (χ3v) is 4.92. The minimum Gasteiger partial charge on any atom is -0.459 e. The summed E-state index contributed by atoms with van der Waals surface area (Å²) in [6, 6.07) is 3.28. The van der Waals surface area contributed by atoms with Gasteiger partial charge in [-0.25, -0.2) is 13.8 Å². The maximum absolute atomic E-state index is 11.9. The van der Waals surface area contributed by atoms with Gasteiger partial charge in [0.15, 0.2) is 0 Å². The zero-order valence-corrected chi connectivity index (χ0v) is 14.2. The van der Waals surface area contributed by atoms with Crippen molar-refractivity contribution in [1.29, 1.82) is 0 Å². The largest absolute Gasteiger partial charge is 0.459 e. The molecule has 0 radical (unpaired) electrons. The number of hydrogen-bond donors (Lipinski definition) is 1. The van der Waals surface area contributed by atoms with Crippen molar-refractivity contribution >= 4 is 27.8 Å². The molecule has 0 saturated heterocycles. The van der Waals surface area contributed by atoms with E-state index < -0.39 is 21.6 Å². The molecule has 126 valence electrons. The van der Waals surface area contributed by atoms with E-state index in [1.807, 2.05) is 0 Å². The molecule has 10 heteroatoms. The molecule has 1 N–H and O–H groups in total. The second kappa shape index (κ2) is 7.16. The number of aromatic nitrogens is 3. The Labute approximate surface area is 139 Å². The Morgan fingerprint density at radius 3 is 2.87 bits per heavy atom. The normalized spacial score (nSPS) is 13.2. The van der Waals surface area contributed by atoms with Gasteiger partial charge in [0.2, 0.25) is 0 Å². The lowest BCUT2D eigenvalue weighted by atomic mass is 10.2. The van der Waals surface area contributed by atoms with Gasteiger partial charge in [-0.2, -0.15) is 12.7 Å². The van der Waals surface area contributed by atoms with Crippen molar-refractivity contribution in [3.05, 3.63) is 42.2 Å². The Morgan fingerprint density at radius 2 is 2.26 bits per heavy atom. The van der Waals surface area contributed by atoms with Gasteiger partial charge < -0.3 is 9.72 Å². The Balaban J connectivity index is 1.90. The molecule has 0 saturated carbocycles. The van der Waals surface area contributed by atoms with Gasteiger partial charge in [-0.05, 0) is 12.1 Å². The molecule has 0 spiro atoms. The van der Waals surface area contributed by atoms with Crippen LogP contribution in [-0.2, 0) is 21.4 Å². The fraction of sp³-hybridized carbons (Fsp3) is 0.385. The average molecular weight is 361 g/mol. The third-order valence-electron chi connectivity index (χ3n) is 2.99. The van der Waals surface area contributed by atoms with Crippen LogP contribution < -0.4 is 0 Å². The van der Waals surface area contributed by atoms with Crippen LogP contribution in [0, 0.1) is 0 Å². The smallest absolute Gasteiger partial charge is 0.354 e. The van der Waals surface area contributed by atoms with Crippen LogP contribution in [0.2, 0.25) is 0 Å². The van der Waals surface area contributed by atoms with Crippen molar-refractivity contribution in [2.24, 2.45) is 0 Å². The summed E-state index contributed by atoms with van der Waals surface area (Å²) in [5.41, 5.74) is 0.835. The van der Waals surface area contributed by atoms with Gasteiger partial charge in [-0.15, -0.1) is 11.6 Å². The van der Waals surface area contributed by atoms with Crippen molar-refractivity contribution in [3.8, 4) is 0 Å². The molecule has 0 bridgehead atoms. The quantitative estimate of drug-likeness (QED) is 0.583. The highest BCUT2D eigenvalue weighted by molar-refractivity contribution is 7.87. The molecule has 8 nitrogen and oxygen atoms in total. The average Bonchev–Trinajstić information content (AvgIpc) is 3.16. The maximum Gasteiger partial charge on any atom is 0.354 e. The highest BCUT2D eigenvalue weighted by Crippen LogP contribution is 2.10. The van der Waals surface area contributed by atoms with E-state index in [9.17, 15) is 13.2 Å². The summed E-state index contributed by atoms with van der Waals surface area (Å²) >= 11 is 6.11. The summed E-state index contributed by atoms with van der Waals surface area (Å²) < 4.78 is 31.0. The summed E-state index contributed by atoms with van der Waals surface area (Å²) in [6.07, 6.45) is 4.48. The maximum atomic E-state index is 11.9. The van der Waals surface area contributed by atoms with Crippen LogP contribution in [0.25, 0.3) is 0 Å². The molecule has 0 aliphatic heterocycles.